The van der Waals surface area contributed by atoms with Crippen LogP contribution in [0.1, 0.15) is 30.4 Å². The summed E-state index contributed by atoms with van der Waals surface area (Å²) in [7, 11) is 0. The van der Waals surface area contributed by atoms with Crippen molar-refractivity contribution in [1.82, 2.24) is 10.6 Å². The van der Waals surface area contributed by atoms with E-state index in [0.29, 0.717) is 6.04 Å². The Balaban J connectivity index is 1.50. The monoisotopic (exact) mass is 244 g/mol. The summed E-state index contributed by atoms with van der Waals surface area (Å²) in [6.45, 7) is 3.63. The van der Waals surface area contributed by atoms with Crippen molar-refractivity contribution in [3.63, 3.8) is 0 Å². The smallest absolute Gasteiger partial charge is 0.0111 e. The minimum Gasteiger partial charge on any atom is -0.317 e. The molecule has 0 amide bonds. The van der Waals surface area contributed by atoms with Crippen LogP contribution in [0, 0.1) is 5.92 Å². The summed E-state index contributed by atoms with van der Waals surface area (Å²) in [5.41, 5.74) is 3.13. The molecule has 1 atom stereocenters. The van der Waals surface area contributed by atoms with Crippen molar-refractivity contribution in [2.75, 3.05) is 19.6 Å². The fraction of sp³-hybridized carbons (Fsp3) is 0.625. The second kappa shape index (κ2) is 5.85. The van der Waals surface area contributed by atoms with Gasteiger partial charge in [-0.25, -0.2) is 0 Å². The van der Waals surface area contributed by atoms with Crippen molar-refractivity contribution >= 4 is 0 Å². The van der Waals surface area contributed by atoms with Crippen LogP contribution in [0.4, 0.5) is 0 Å². The predicted octanol–water partition coefficient (Wildman–Crippen LogP) is 2.13. The Labute approximate surface area is 110 Å². The van der Waals surface area contributed by atoms with Crippen molar-refractivity contribution in [3.8, 4) is 0 Å². The van der Waals surface area contributed by atoms with E-state index in [2.05, 4.69) is 34.9 Å². The number of hydrogen-bond acceptors (Lipinski definition) is 2. The Kier molecular flexibility index (Phi) is 3.96. The first-order chi connectivity index (χ1) is 8.92. The van der Waals surface area contributed by atoms with Gasteiger partial charge >= 0.3 is 0 Å². The lowest BCUT2D eigenvalue weighted by Crippen LogP contribution is -2.40. The molecule has 3 rings (SSSR count). The highest BCUT2D eigenvalue weighted by Crippen LogP contribution is 2.21. The molecule has 98 valence electrons. The largest absolute Gasteiger partial charge is 0.317 e. The highest BCUT2D eigenvalue weighted by molar-refractivity contribution is 5.30. The molecule has 1 aromatic carbocycles. The topological polar surface area (TPSA) is 24.1 Å². The van der Waals surface area contributed by atoms with Gasteiger partial charge in [0.25, 0.3) is 0 Å². The standard InChI is InChI=1S/C16H24N2/c1-2-4-15-11-16(6-5-14(15)3-1)18-12-13-7-9-17-10-8-13/h1-4,13,16-18H,5-12H2. The van der Waals surface area contributed by atoms with Gasteiger partial charge in [0.15, 0.2) is 0 Å². The second-order valence-corrected chi connectivity index (χ2v) is 5.81. The Morgan fingerprint density at radius 2 is 1.83 bits per heavy atom. The first kappa shape index (κ1) is 12.2. The molecule has 1 aromatic rings. The number of fused-ring (bicyclic) bond motifs is 1. The van der Waals surface area contributed by atoms with Crippen molar-refractivity contribution in [3.05, 3.63) is 35.4 Å². The quantitative estimate of drug-likeness (QED) is 0.851. The second-order valence-electron chi connectivity index (χ2n) is 5.81. The van der Waals surface area contributed by atoms with E-state index >= 15 is 0 Å². The Hall–Kier alpha value is -0.860. The van der Waals surface area contributed by atoms with Crippen LogP contribution >= 0.6 is 0 Å². The molecule has 0 radical (unpaired) electrons. The van der Waals surface area contributed by atoms with Crippen LogP contribution in [-0.2, 0) is 12.8 Å². The van der Waals surface area contributed by atoms with Gasteiger partial charge in [-0.15, -0.1) is 0 Å². The van der Waals surface area contributed by atoms with E-state index in [9.17, 15) is 0 Å². The summed E-state index contributed by atoms with van der Waals surface area (Å²) in [5, 5.41) is 7.24. The molecule has 0 spiro atoms. The van der Waals surface area contributed by atoms with Crippen molar-refractivity contribution < 1.29 is 0 Å². The lowest BCUT2D eigenvalue weighted by atomic mass is 9.88. The molecule has 0 bridgehead atoms. The molecule has 1 heterocycles. The molecule has 18 heavy (non-hydrogen) atoms. The van der Waals surface area contributed by atoms with E-state index in [0.717, 1.165) is 5.92 Å². The number of piperidine rings is 1. The van der Waals surface area contributed by atoms with E-state index in [-0.39, 0.29) is 0 Å². The highest BCUT2D eigenvalue weighted by atomic mass is 14.9. The third kappa shape index (κ3) is 2.93. The molecule has 2 nitrogen and oxygen atoms in total. The molecule has 2 heteroatoms. The zero-order valence-electron chi connectivity index (χ0n) is 11.1. The van der Waals surface area contributed by atoms with Crippen LogP contribution in [0.25, 0.3) is 0 Å². The first-order valence-corrected chi connectivity index (χ1v) is 7.43. The molecule has 0 saturated carbocycles. The van der Waals surface area contributed by atoms with E-state index < -0.39 is 0 Å². The Morgan fingerprint density at radius 1 is 1.06 bits per heavy atom. The fourth-order valence-corrected chi connectivity index (χ4v) is 3.29. The summed E-state index contributed by atoms with van der Waals surface area (Å²) in [6.07, 6.45) is 6.47. The van der Waals surface area contributed by atoms with Crippen LogP contribution in [0.15, 0.2) is 24.3 Å². The van der Waals surface area contributed by atoms with Crippen LogP contribution < -0.4 is 10.6 Å². The number of rotatable bonds is 3. The molecule has 1 aliphatic heterocycles. The van der Waals surface area contributed by atoms with Gasteiger partial charge in [0.2, 0.25) is 0 Å². The van der Waals surface area contributed by atoms with Crippen molar-refractivity contribution in [2.45, 2.75) is 38.1 Å². The fourth-order valence-electron chi connectivity index (χ4n) is 3.29. The third-order valence-electron chi connectivity index (χ3n) is 4.50. The Morgan fingerprint density at radius 3 is 2.67 bits per heavy atom. The minimum atomic E-state index is 0.704. The maximum atomic E-state index is 3.80. The van der Waals surface area contributed by atoms with Gasteiger partial charge in [0, 0.05) is 6.04 Å². The lowest BCUT2D eigenvalue weighted by Gasteiger charge is -2.29. The minimum absolute atomic E-state index is 0.704. The SMILES string of the molecule is c1ccc2c(c1)CCC(NCC1CCNCC1)C2. The van der Waals surface area contributed by atoms with Crippen LogP contribution in [0.5, 0.6) is 0 Å². The van der Waals surface area contributed by atoms with Crippen LogP contribution in [0.3, 0.4) is 0 Å². The molecule has 0 aromatic heterocycles. The maximum Gasteiger partial charge on any atom is 0.0111 e. The molecular weight excluding hydrogens is 220 g/mol. The van der Waals surface area contributed by atoms with E-state index in [1.54, 1.807) is 11.1 Å². The van der Waals surface area contributed by atoms with Gasteiger partial charge in [-0.05, 0) is 68.8 Å². The van der Waals surface area contributed by atoms with Gasteiger partial charge in [0.05, 0.1) is 0 Å². The molecule has 1 aliphatic carbocycles. The lowest BCUT2D eigenvalue weighted by molar-refractivity contribution is 0.330. The molecule has 1 unspecified atom stereocenters. The first-order valence-electron chi connectivity index (χ1n) is 7.43. The maximum absolute atomic E-state index is 3.80. The predicted molar refractivity (Wildman–Crippen MR) is 75.9 cm³/mol. The molecule has 1 fully saturated rings. The van der Waals surface area contributed by atoms with E-state index in [1.165, 1.54) is 51.7 Å². The van der Waals surface area contributed by atoms with Crippen molar-refractivity contribution in [1.29, 1.82) is 0 Å². The average molecular weight is 244 g/mol. The average Bonchev–Trinajstić information content (AvgIpc) is 2.46. The van der Waals surface area contributed by atoms with E-state index in [1.807, 2.05) is 0 Å². The highest BCUT2D eigenvalue weighted by Gasteiger charge is 2.19. The normalized spacial score (nSPS) is 24.8. The number of hydrogen-bond donors (Lipinski definition) is 2. The van der Waals surface area contributed by atoms with Gasteiger partial charge in [-0.3, -0.25) is 0 Å². The Bertz CT molecular complexity index is 382. The summed E-state index contributed by atoms with van der Waals surface area (Å²) < 4.78 is 0. The zero-order chi connectivity index (χ0) is 12.2. The van der Waals surface area contributed by atoms with Gasteiger partial charge in [0.1, 0.15) is 0 Å². The summed E-state index contributed by atoms with van der Waals surface area (Å²) in [6, 6.07) is 9.64. The molecule has 1 saturated heterocycles. The molecular formula is C16H24N2. The third-order valence-corrected chi connectivity index (χ3v) is 4.50. The van der Waals surface area contributed by atoms with Gasteiger partial charge < -0.3 is 10.6 Å². The number of aryl methyl sites for hydroxylation is 1. The van der Waals surface area contributed by atoms with Gasteiger partial charge in [-0.1, -0.05) is 24.3 Å². The van der Waals surface area contributed by atoms with Crippen LogP contribution in [0.2, 0.25) is 0 Å². The summed E-state index contributed by atoms with van der Waals surface area (Å²) >= 11 is 0. The number of nitrogens with one attached hydrogen (secondary N) is 2. The van der Waals surface area contributed by atoms with Crippen LogP contribution in [-0.4, -0.2) is 25.7 Å². The summed E-state index contributed by atoms with van der Waals surface area (Å²) in [4.78, 5) is 0. The number of benzene rings is 1. The molecule has 2 N–H and O–H groups in total. The molecule has 2 aliphatic rings. The summed E-state index contributed by atoms with van der Waals surface area (Å²) in [5.74, 6) is 0.892. The van der Waals surface area contributed by atoms with E-state index in [4.69, 9.17) is 0 Å². The van der Waals surface area contributed by atoms with Gasteiger partial charge in [-0.2, -0.15) is 0 Å². The van der Waals surface area contributed by atoms with Crippen molar-refractivity contribution in [2.24, 2.45) is 5.92 Å². The zero-order valence-corrected chi connectivity index (χ0v) is 11.1.